The van der Waals surface area contributed by atoms with Crippen LogP contribution < -0.4 is 5.56 Å². The average Bonchev–Trinajstić information content (AvgIpc) is 2.40. The van der Waals surface area contributed by atoms with E-state index in [1.54, 1.807) is 22.7 Å². The summed E-state index contributed by atoms with van der Waals surface area (Å²) in [6.45, 7) is 1.94. The minimum Gasteiger partial charge on any atom is -0.269 e. The molecular formula is C15H11ClN2O. The van der Waals surface area contributed by atoms with E-state index in [1.165, 1.54) is 6.07 Å². The first-order chi connectivity index (χ1) is 9.13. The Morgan fingerprint density at radius 1 is 1.11 bits per heavy atom. The molecule has 19 heavy (non-hydrogen) atoms. The molecule has 4 heteroatoms. The van der Waals surface area contributed by atoms with Gasteiger partial charge in [-0.05, 0) is 30.7 Å². The van der Waals surface area contributed by atoms with E-state index in [2.05, 4.69) is 4.98 Å². The molecule has 0 saturated carbocycles. The predicted molar refractivity (Wildman–Crippen MR) is 76.6 cm³/mol. The minimum atomic E-state index is -0.0846. The Bertz CT molecular complexity index is 806. The van der Waals surface area contributed by atoms with Crippen LogP contribution >= 0.6 is 11.6 Å². The Morgan fingerprint density at radius 2 is 1.84 bits per heavy atom. The zero-order chi connectivity index (χ0) is 13.4. The van der Waals surface area contributed by atoms with Crippen LogP contribution in [0.5, 0.6) is 0 Å². The van der Waals surface area contributed by atoms with Crippen LogP contribution in [0.2, 0.25) is 5.02 Å². The van der Waals surface area contributed by atoms with Gasteiger partial charge in [0, 0.05) is 22.8 Å². The zero-order valence-electron chi connectivity index (χ0n) is 10.3. The van der Waals surface area contributed by atoms with E-state index in [-0.39, 0.29) is 5.56 Å². The van der Waals surface area contributed by atoms with Crippen LogP contribution in [0.3, 0.4) is 0 Å². The number of hydrogen-bond acceptors (Lipinski definition) is 2. The zero-order valence-corrected chi connectivity index (χ0v) is 11.1. The molecule has 0 atom stereocenters. The molecule has 0 saturated heterocycles. The fourth-order valence-electron chi connectivity index (χ4n) is 1.98. The van der Waals surface area contributed by atoms with Gasteiger partial charge < -0.3 is 0 Å². The third kappa shape index (κ3) is 2.25. The van der Waals surface area contributed by atoms with Crippen LogP contribution in [0, 0.1) is 6.92 Å². The van der Waals surface area contributed by atoms with E-state index in [4.69, 9.17) is 11.6 Å². The third-order valence-electron chi connectivity index (χ3n) is 2.95. The molecule has 3 nitrogen and oxygen atoms in total. The summed E-state index contributed by atoms with van der Waals surface area (Å²) in [5, 5.41) is 0.664. The number of pyridine rings is 1. The molecule has 0 N–H and O–H groups in total. The van der Waals surface area contributed by atoms with Gasteiger partial charge in [0.2, 0.25) is 0 Å². The van der Waals surface area contributed by atoms with E-state index in [9.17, 15) is 4.79 Å². The van der Waals surface area contributed by atoms with Crippen molar-refractivity contribution < 1.29 is 0 Å². The van der Waals surface area contributed by atoms with E-state index in [0.29, 0.717) is 16.4 Å². The average molecular weight is 271 g/mol. The second-order valence-electron chi connectivity index (χ2n) is 4.42. The van der Waals surface area contributed by atoms with Crippen molar-refractivity contribution in [2.24, 2.45) is 0 Å². The van der Waals surface area contributed by atoms with Crippen molar-refractivity contribution in [3.63, 3.8) is 0 Å². The normalized spacial score (nSPS) is 10.8. The summed E-state index contributed by atoms with van der Waals surface area (Å²) in [4.78, 5) is 16.6. The summed E-state index contributed by atoms with van der Waals surface area (Å²) in [5.41, 5.74) is 3.12. The highest BCUT2D eigenvalue weighted by Gasteiger charge is 2.04. The molecule has 3 rings (SSSR count). The number of fused-ring (bicyclic) bond motifs is 1. The number of rotatable bonds is 1. The predicted octanol–water partition coefficient (Wildman–Crippen LogP) is 3.32. The number of halogens is 1. The molecule has 0 amide bonds. The van der Waals surface area contributed by atoms with E-state index >= 15 is 0 Å². The summed E-state index contributed by atoms with van der Waals surface area (Å²) < 4.78 is 1.55. The summed E-state index contributed by atoms with van der Waals surface area (Å²) in [5.74, 6) is 0. The number of benzene rings is 1. The molecule has 0 aliphatic heterocycles. The molecule has 2 heterocycles. The molecule has 0 unspecified atom stereocenters. The largest absolute Gasteiger partial charge is 0.269 e. The van der Waals surface area contributed by atoms with Crippen LogP contribution in [-0.4, -0.2) is 9.38 Å². The minimum absolute atomic E-state index is 0.0846. The summed E-state index contributed by atoms with van der Waals surface area (Å²) >= 11 is 5.86. The summed E-state index contributed by atoms with van der Waals surface area (Å²) in [6, 6.07) is 12.6. The molecule has 0 aliphatic carbocycles. The van der Waals surface area contributed by atoms with Crippen molar-refractivity contribution in [2.75, 3.05) is 0 Å². The number of hydrogen-bond donors (Lipinski definition) is 0. The van der Waals surface area contributed by atoms with Crippen molar-refractivity contribution in [2.45, 2.75) is 6.92 Å². The van der Waals surface area contributed by atoms with Crippen LogP contribution in [-0.2, 0) is 0 Å². The lowest BCUT2D eigenvalue weighted by Gasteiger charge is -2.05. The Hall–Kier alpha value is -2.13. The van der Waals surface area contributed by atoms with Crippen LogP contribution in [0.4, 0.5) is 0 Å². The lowest BCUT2D eigenvalue weighted by atomic mass is 10.1. The van der Waals surface area contributed by atoms with Gasteiger partial charge in [0.25, 0.3) is 5.56 Å². The Morgan fingerprint density at radius 3 is 2.58 bits per heavy atom. The number of nitrogens with zero attached hydrogens (tertiary/aromatic N) is 2. The number of aromatic nitrogens is 2. The molecule has 2 aromatic heterocycles. The van der Waals surface area contributed by atoms with Gasteiger partial charge >= 0.3 is 0 Å². The highest BCUT2D eigenvalue weighted by Crippen LogP contribution is 2.19. The monoisotopic (exact) mass is 270 g/mol. The molecular weight excluding hydrogens is 260 g/mol. The molecule has 94 valence electrons. The maximum atomic E-state index is 12.1. The van der Waals surface area contributed by atoms with Crippen molar-refractivity contribution in [3.8, 4) is 11.3 Å². The van der Waals surface area contributed by atoms with Gasteiger partial charge in [-0.25, -0.2) is 4.98 Å². The standard InChI is InChI=1S/C15H11ClN2O/c1-10-2-7-14-17-13(8-15(19)18(14)9-10)11-3-5-12(16)6-4-11/h2-9H,1H3. The third-order valence-corrected chi connectivity index (χ3v) is 3.20. The van der Waals surface area contributed by atoms with Gasteiger partial charge in [0.1, 0.15) is 5.65 Å². The quantitative estimate of drug-likeness (QED) is 0.680. The molecule has 0 radical (unpaired) electrons. The highest BCUT2D eigenvalue weighted by atomic mass is 35.5. The first-order valence-corrected chi connectivity index (χ1v) is 6.27. The summed E-state index contributed by atoms with van der Waals surface area (Å²) in [7, 11) is 0. The molecule has 0 bridgehead atoms. The Labute approximate surface area is 115 Å². The van der Waals surface area contributed by atoms with Crippen LogP contribution in [0.1, 0.15) is 5.56 Å². The van der Waals surface area contributed by atoms with Crippen molar-refractivity contribution >= 4 is 17.2 Å². The van der Waals surface area contributed by atoms with E-state index in [1.807, 2.05) is 31.2 Å². The second kappa shape index (κ2) is 4.52. The van der Waals surface area contributed by atoms with Gasteiger partial charge in [-0.1, -0.05) is 29.8 Å². The van der Waals surface area contributed by atoms with Gasteiger partial charge in [-0.3, -0.25) is 9.20 Å². The Balaban J connectivity index is 2.24. The van der Waals surface area contributed by atoms with Crippen LogP contribution in [0.15, 0.2) is 53.5 Å². The fraction of sp³-hybridized carbons (Fsp3) is 0.0667. The fourth-order valence-corrected chi connectivity index (χ4v) is 2.10. The van der Waals surface area contributed by atoms with Gasteiger partial charge in [-0.15, -0.1) is 0 Å². The van der Waals surface area contributed by atoms with Crippen LogP contribution in [0.25, 0.3) is 16.9 Å². The van der Waals surface area contributed by atoms with Gasteiger partial charge in [0.05, 0.1) is 5.69 Å². The topological polar surface area (TPSA) is 34.4 Å². The second-order valence-corrected chi connectivity index (χ2v) is 4.86. The van der Waals surface area contributed by atoms with Gasteiger partial charge in [-0.2, -0.15) is 0 Å². The maximum absolute atomic E-state index is 12.1. The number of aryl methyl sites for hydroxylation is 1. The summed E-state index contributed by atoms with van der Waals surface area (Å²) in [6.07, 6.45) is 1.79. The SMILES string of the molecule is Cc1ccc2nc(-c3ccc(Cl)cc3)cc(=O)n2c1. The first-order valence-electron chi connectivity index (χ1n) is 5.89. The molecule has 0 fully saturated rings. The smallest absolute Gasteiger partial charge is 0.258 e. The van der Waals surface area contributed by atoms with Crippen molar-refractivity contribution in [1.82, 2.24) is 9.38 Å². The lowest BCUT2D eigenvalue weighted by molar-refractivity contribution is 1.03. The molecule has 0 aliphatic rings. The molecule has 3 aromatic rings. The van der Waals surface area contributed by atoms with Gasteiger partial charge in [0.15, 0.2) is 0 Å². The Kier molecular flexibility index (Phi) is 2.84. The molecule has 1 aromatic carbocycles. The first kappa shape index (κ1) is 11.9. The van der Waals surface area contributed by atoms with Crippen molar-refractivity contribution in [1.29, 1.82) is 0 Å². The van der Waals surface area contributed by atoms with E-state index < -0.39 is 0 Å². The highest BCUT2D eigenvalue weighted by molar-refractivity contribution is 6.30. The lowest BCUT2D eigenvalue weighted by Crippen LogP contribution is -2.14. The van der Waals surface area contributed by atoms with E-state index in [0.717, 1.165) is 11.1 Å². The molecule has 0 spiro atoms. The van der Waals surface area contributed by atoms with Crippen molar-refractivity contribution in [3.05, 3.63) is 69.6 Å². The maximum Gasteiger partial charge on any atom is 0.258 e.